The van der Waals surface area contributed by atoms with Crippen molar-refractivity contribution in [2.45, 2.75) is 13.8 Å². The zero-order chi connectivity index (χ0) is 17.8. The molecule has 0 unspecified atom stereocenters. The lowest BCUT2D eigenvalue weighted by Gasteiger charge is -2.13. The molecule has 0 spiro atoms. The van der Waals surface area contributed by atoms with E-state index in [1.54, 1.807) is 19.9 Å². The van der Waals surface area contributed by atoms with Crippen molar-refractivity contribution < 1.29 is 4.79 Å². The van der Waals surface area contributed by atoms with Gasteiger partial charge in [0, 0.05) is 11.4 Å². The number of H-pyrrole nitrogens is 1. The van der Waals surface area contributed by atoms with Crippen molar-refractivity contribution in [1.82, 2.24) is 9.97 Å². The van der Waals surface area contributed by atoms with E-state index in [2.05, 4.69) is 20.6 Å². The summed E-state index contributed by atoms with van der Waals surface area (Å²) in [6.45, 7) is 3.48. The molecule has 2 aromatic carbocycles. The summed E-state index contributed by atoms with van der Waals surface area (Å²) in [4.78, 5) is 31.2. The lowest BCUT2D eigenvalue weighted by atomic mass is 10.2. The Balaban J connectivity index is 1.87. The Morgan fingerprint density at radius 1 is 0.960 bits per heavy atom. The van der Waals surface area contributed by atoms with Crippen LogP contribution in [0.2, 0.25) is 0 Å². The summed E-state index contributed by atoms with van der Waals surface area (Å²) in [6, 6.07) is 16.9. The average Bonchev–Trinajstić information content (AvgIpc) is 2.60. The van der Waals surface area contributed by atoms with Crippen LogP contribution >= 0.6 is 0 Å². The molecule has 0 aliphatic carbocycles. The molecule has 1 heterocycles. The maximum absolute atomic E-state index is 12.5. The quantitative estimate of drug-likeness (QED) is 0.682. The number of carbonyl (C=O) groups excluding carboxylic acids is 1. The molecule has 0 aliphatic rings. The number of amides is 1. The molecule has 6 nitrogen and oxygen atoms in total. The molecule has 0 saturated carbocycles. The number of nitrogens with zero attached hydrogens (tertiary/aromatic N) is 1. The standard InChI is InChI=1S/C19H18N4O2/c1-12-13(2)21-18(24)17(20-12)19(25)23-16-11-7-6-10-15(16)22-14-8-4-3-5-9-14/h3-11,22H,1-2H3,(H,21,24)(H,23,25). The Bertz CT molecular complexity index is 965. The lowest BCUT2D eigenvalue weighted by molar-refractivity contribution is 0.102. The molecule has 0 radical (unpaired) electrons. The molecule has 0 fully saturated rings. The van der Waals surface area contributed by atoms with Gasteiger partial charge in [0.25, 0.3) is 11.5 Å². The summed E-state index contributed by atoms with van der Waals surface area (Å²) in [7, 11) is 0. The summed E-state index contributed by atoms with van der Waals surface area (Å²) >= 11 is 0. The molecule has 3 rings (SSSR count). The van der Waals surface area contributed by atoms with Gasteiger partial charge in [-0.05, 0) is 38.1 Å². The maximum atomic E-state index is 12.5. The Kier molecular flexibility index (Phi) is 4.61. The van der Waals surface area contributed by atoms with Gasteiger partial charge in [-0.15, -0.1) is 0 Å². The number of aryl methyl sites for hydroxylation is 2. The van der Waals surface area contributed by atoms with Gasteiger partial charge in [-0.25, -0.2) is 4.98 Å². The van der Waals surface area contributed by atoms with E-state index in [1.165, 1.54) is 0 Å². The predicted molar refractivity (Wildman–Crippen MR) is 98.5 cm³/mol. The molecule has 126 valence electrons. The van der Waals surface area contributed by atoms with Gasteiger partial charge in [0.1, 0.15) is 0 Å². The fraction of sp³-hybridized carbons (Fsp3) is 0.105. The monoisotopic (exact) mass is 334 g/mol. The van der Waals surface area contributed by atoms with E-state index >= 15 is 0 Å². The van der Waals surface area contributed by atoms with Crippen molar-refractivity contribution in [3.05, 3.63) is 82.0 Å². The first kappa shape index (κ1) is 16.4. The van der Waals surface area contributed by atoms with Gasteiger partial charge in [0.2, 0.25) is 0 Å². The van der Waals surface area contributed by atoms with Crippen LogP contribution in [-0.2, 0) is 0 Å². The largest absolute Gasteiger partial charge is 0.354 e. The summed E-state index contributed by atoms with van der Waals surface area (Å²) in [6.07, 6.45) is 0. The van der Waals surface area contributed by atoms with Crippen molar-refractivity contribution in [2.24, 2.45) is 0 Å². The summed E-state index contributed by atoms with van der Waals surface area (Å²) in [5, 5.41) is 5.99. The van der Waals surface area contributed by atoms with Gasteiger partial charge in [-0.2, -0.15) is 0 Å². The van der Waals surface area contributed by atoms with Crippen molar-refractivity contribution in [3.8, 4) is 0 Å². The molecule has 3 aromatic rings. The number of nitrogens with one attached hydrogen (secondary N) is 3. The second-order valence-corrected chi connectivity index (χ2v) is 5.62. The van der Waals surface area contributed by atoms with Gasteiger partial charge in [0.15, 0.2) is 5.69 Å². The van der Waals surface area contributed by atoms with Crippen LogP contribution in [0.25, 0.3) is 0 Å². The van der Waals surface area contributed by atoms with Crippen LogP contribution in [0.1, 0.15) is 21.9 Å². The third-order valence-electron chi connectivity index (χ3n) is 3.78. The van der Waals surface area contributed by atoms with Gasteiger partial charge < -0.3 is 15.6 Å². The highest BCUT2D eigenvalue weighted by Gasteiger charge is 2.15. The molecular formula is C19H18N4O2. The smallest absolute Gasteiger partial charge is 0.280 e. The van der Waals surface area contributed by atoms with Crippen molar-refractivity contribution >= 4 is 23.0 Å². The number of benzene rings is 2. The van der Waals surface area contributed by atoms with Crippen LogP contribution in [0.4, 0.5) is 17.1 Å². The van der Waals surface area contributed by atoms with Crippen LogP contribution in [0.5, 0.6) is 0 Å². The van der Waals surface area contributed by atoms with Crippen LogP contribution in [0.3, 0.4) is 0 Å². The van der Waals surface area contributed by atoms with E-state index in [9.17, 15) is 9.59 Å². The highest BCUT2D eigenvalue weighted by molar-refractivity contribution is 6.04. The van der Waals surface area contributed by atoms with Gasteiger partial charge >= 0.3 is 0 Å². The maximum Gasteiger partial charge on any atom is 0.280 e. The Labute approximate surface area is 145 Å². The van der Waals surface area contributed by atoms with Crippen LogP contribution < -0.4 is 16.2 Å². The molecule has 0 atom stereocenters. The fourth-order valence-corrected chi connectivity index (χ4v) is 2.34. The summed E-state index contributed by atoms with van der Waals surface area (Å²) in [5.74, 6) is -0.549. The minimum atomic E-state index is -0.549. The molecule has 0 saturated heterocycles. The fourth-order valence-electron chi connectivity index (χ4n) is 2.34. The number of hydrogen-bond acceptors (Lipinski definition) is 4. The van der Waals surface area contributed by atoms with E-state index in [0.29, 0.717) is 17.1 Å². The van der Waals surface area contributed by atoms with Gasteiger partial charge in [-0.3, -0.25) is 9.59 Å². The Morgan fingerprint density at radius 3 is 2.32 bits per heavy atom. The van der Waals surface area contributed by atoms with E-state index in [1.807, 2.05) is 48.5 Å². The van der Waals surface area contributed by atoms with E-state index in [4.69, 9.17) is 0 Å². The first-order valence-corrected chi connectivity index (χ1v) is 7.84. The highest BCUT2D eigenvalue weighted by atomic mass is 16.2. The minimum absolute atomic E-state index is 0.155. The SMILES string of the molecule is Cc1nc(C(=O)Nc2ccccc2Nc2ccccc2)c(=O)[nH]c1C. The number of aromatic nitrogens is 2. The molecule has 3 N–H and O–H groups in total. The topological polar surface area (TPSA) is 86.9 Å². The predicted octanol–water partition coefficient (Wildman–Crippen LogP) is 3.38. The van der Waals surface area contributed by atoms with Gasteiger partial charge in [-0.1, -0.05) is 30.3 Å². The number of para-hydroxylation sites is 3. The molecular weight excluding hydrogens is 316 g/mol. The van der Waals surface area contributed by atoms with E-state index < -0.39 is 11.5 Å². The lowest BCUT2D eigenvalue weighted by Crippen LogP contribution is -2.26. The molecule has 1 aromatic heterocycles. The van der Waals surface area contributed by atoms with Crippen LogP contribution in [0.15, 0.2) is 59.4 Å². The summed E-state index contributed by atoms with van der Waals surface area (Å²) in [5.41, 5.74) is 2.78. The number of carbonyl (C=O) groups is 1. The van der Waals surface area contributed by atoms with Crippen LogP contribution in [0, 0.1) is 13.8 Å². The molecule has 6 heteroatoms. The number of anilines is 3. The Hall–Kier alpha value is -3.41. The highest BCUT2D eigenvalue weighted by Crippen LogP contribution is 2.25. The third-order valence-corrected chi connectivity index (χ3v) is 3.78. The number of aromatic amines is 1. The second kappa shape index (κ2) is 7.00. The zero-order valence-corrected chi connectivity index (χ0v) is 14.0. The van der Waals surface area contributed by atoms with E-state index in [-0.39, 0.29) is 5.69 Å². The number of rotatable bonds is 4. The van der Waals surface area contributed by atoms with Crippen molar-refractivity contribution in [2.75, 3.05) is 10.6 Å². The first-order valence-electron chi connectivity index (χ1n) is 7.84. The second-order valence-electron chi connectivity index (χ2n) is 5.62. The van der Waals surface area contributed by atoms with Crippen molar-refractivity contribution in [1.29, 1.82) is 0 Å². The van der Waals surface area contributed by atoms with Crippen LogP contribution in [-0.4, -0.2) is 15.9 Å². The first-order chi connectivity index (χ1) is 12.0. The number of hydrogen-bond donors (Lipinski definition) is 3. The Morgan fingerprint density at radius 2 is 1.60 bits per heavy atom. The normalized spacial score (nSPS) is 10.3. The molecule has 0 aliphatic heterocycles. The third kappa shape index (κ3) is 3.74. The van der Waals surface area contributed by atoms with E-state index in [0.717, 1.165) is 11.4 Å². The minimum Gasteiger partial charge on any atom is -0.354 e. The molecule has 0 bridgehead atoms. The van der Waals surface area contributed by atoms with Crippen molar-refractivity contribution in [3.63, 3.8) is 0 Å². The zero-order valence-electron chi connectivity index (χ0n) is 14.0. The summed E-state index contributed by atoms with van der Waals surface area (Å²) < 4.78 is 0. The molecule has 1 amide bonds. The average molecular weight is 334 g/mol. The molecule has 25 heavy (non-hydrogen) atoms. The van der Waals surface area contributed by atoms with Gasteiger partial charge in [0.05, 0.1) is 17.1 Å².